The Hall–Kier alpha value is -0.0500. The summed E-state index contributed by atoms with van der Waals surface area (Å²) in [5.74, 6) is 0. The van der Waals surface area contributed by atoms with Crippen LogP contribution in [0.3, 0.4) is 0 Å². The van der Waals surface area contributed by atoms with E-state index in [0.717, 1.165) is 30.3 Å². The highest BCUT2D eigenvalue weighted by molar-refractivity contribution is 4.98. The SMILES string of the molecule is CC(=CC[N+](C)(C)C)CCCC(C)(C)O.[Cl-]. The quantitative estimate of drug-likeness (QED) is 0.501. The molecule has 0 rings (SSSR count). The number of likely N-dealkylation sites (N-methyl/N-ethyl adjacent to an activating group) is 1. The third-order valence-electron chi connectivity index (χ3n) is 2.35. The highest BCUT2D eigenvalue weighted by Gasteiger charge is 2.11. The number of hydrogen-bond acceptors (Lipinski definition) is 1. The molecule has 0 aliphatic carbocycles. The number of nitrogens with zero attached hydrogens (tertiary/aromatic N) is 1. The monoisotopic (exact) mass is 249 g/mol. The van der Waals surface area contributed by atoms with E-state index < -0.39 is 5.60 Å². The van der Waals surface area contributed by atoms with E-state index >= 15 is 0 Å². The van der Waals surface area contributed by atoms with Gasteiger partial charge in [0.15, 0.2) is 0 Å². The molecule has 0 bridgehead atoms. The van der Waals surface area contributed by atoms with Gasteiger partial charge in [-0.05, 0) is 46.1 Å². The van der Waals surface area contributed by atoms with Crippen LogP contribution in [0, 0.1) is 0 Å². The zero-order valence-electron chi connectivity index (χ0n) is 11.7. The number of halogens is 1. The fourth-order valence-corrected chi connectivity index (χ4v) is 1.33. The number of hydrogen-bond donors (Lipinski definition) is 1. The second kappa shape index (κ2) is 7.31. The van der Waals surface area contributed by atoms with Gasteiger partial charge in [0.25, 0.3) is 0 Å². The Morgan fingerprint density at radius 1 is 1.25 bits per heavy atom. The van der Waals surface area contributed by atoms with Gasteiger partial charge in [-0.25, -0.2) is 0 Å². The fraction of sp³-hybridized carbons (Fsp3) is 0.846. The average Bonchev–Trinajstić information content (AvgIpc) is 1.97. The molecule has 0 atom stereocenters. The van der Waals surface area contributed by atoms with E-state index in [2.05, 4.69) is 34.1 Å². The van der Waals surface area contributed by atoms with Crippen molar-refractivity contribution in [3.8, 4) is 0 Å². The second-order valence-corrected chi connectivity index (χ2v) is 6.19. The highest BCUT2D eigenvalue weighted by Crippen LogP contribution is 2.15. The van der Waals surface area contributed by atoms with Gasteiger partial charge in [0.1, 0.15) is 0 Å². The van der Waals surface area contributed by atoms with Crippen LogP contribution in [-0.4, -0.2) is 42.9 Å². The van der Waals surface area contributed by atoms with Crippen molar-refractivity contribution in [1.29, 1.82) is 0 Å². The fourth-order valence-electron chi connectivity index (χ4n) is 1.33. The summed E-state index contributed by atoms with van der Waals surface area (Å²) in [6.45, 7) is 7.00. The molecule has 0 aliphatic rings. The van der Waals surface area contributed by atoms with Gasteiger partial charge in [-0.15, -0.1) is 0 Å². The van der Waals surface area contributed by atoms with Gasteiger partial charge in [0, 0.05) is 0 Å². The van der Waals surface area contributed by atoms with Gasteiger partial charge < -0.3 is 22.0 Å². The number of rotatable bonds is 6. The van der Waals surface area contributed by atoms with Gasteiger partial charge in [0.2, 0.25) is 0 Å². The third kappa shape index (κ3) is 13.9. The average molecular weight is 250 g/mol. The second-order valence-electron chi connectivity index (χ2n) is 6.19. The summed E-state index contributed by atoms with van der Waals surface area (Å²) in [5.41, 5.74) is 0.924. The van der Waals surface area contributed by atoms with E-state index in [9.17, 15) is 5.11 Å². The van der Waals surface area contributed by atoms with E-state index in [0.29, 0.717) is 0 Å². The maximum atomic E-state index is 9.57. The van der Waals surface area contributed by atoms with Crippen molar-refractivity contribution in [2.24, 2.45) is 0 Å². The highest BCUT2D eigenvalue weighted by atomic mass is 35.5. The lowest BCUT2D eigenvalue weighted by Crippen LogP contribution is -3.00. The van der Waals surface area contributed by atoms with Crippen LogP contribution in [-0.2, 0) is 0 Å². The summed E-state index contributed by atoms with van der Waals surface area (Å²) < 4.78 is 0.975. The van der Waals surface area contributed by atoms with Crippen molar-refractivity contribution in [2.75, 3.05) is 27.7 Å². The van der Waals surface area contributed by atoms with Crippen LogP contribution in [0.2, 0.25) is 0 Å². The number of quaternary nitrogens is 1. The lowest BCUT2D eigenvalue weighted by molar-refractivity contribution is -0.864. The molecule has 0 saturated heterocycles. The number of aliphatic hydroxyl groups is 1. The normalized spacial score (nSPS) is 13.6. The zero-order chi connectivity index (χ0) is 12.1. The third-order valence-corrected chi connectivity index (χ3v) is 2.35. The van der Waals surface area contributed by atoms with Gasteiger partial charge in [-0.2, -0.15) is 0 Å². The predicted molar refractivity (Wildman–Crippen MR) is 66.8 cm³/mol. The summed E-state index contributed by atoms with van der Waals surface area (Å²) in [4.78, 5) is 0. The Morgan fingerprint density at radius 3 is 2.12 bits per heavy atom. The Bertz CT molecular complexity index is 211. The minimum Gasteiger partial charge on any atom is -1.00 e. The van der Waals surface area contributed by atoms with Crippen LogP contribution in [0.5, 0.6) is 0 Å². The van der Waals surface area contributed by atoms with E-state index in [-0.39, 0.29) is 12.4 Å². The molecule has 0 saturated carbocycles. The van der Waals surface area contributed by atoms with E-state index in [4.69, 9.17) is 0 Å². The predicted octanol–water partition coefficient (Wildman–Crippen LogP) is -0.416. The summed E-state index contributed by atoms with van der Waals surface area (Å²) in [7, 11) is 6.59. The molecule has 0 spiro atoms. The molecule has 0 aromatic carbocycles. The molecular formula is C13H28ClNO. The van der Waals surface area contributed by atoms with Crippen LogP contribution >= 0.6 is 0 Å². The molecule has 0 fully saturated rings. The lowest BCUT2D eigenvalue weighted by Gasteiger charge is -2.22. The molecular weight excluding hydrogens is 222 g/mol. The van der Waals surface area contributed by atoms with E-state index in [1.54, 1.807) is 0 Å². The van der Waals surface area contributed by atoms with Crippen LogP contribution in [0.25, 0.3) is 0 Å². The Balaban J connectivity index is 0. The van der Waals surface area contributed by atoms with Crippen LogP contribution in [0.4, 0.5) is 0 Å². The summed E-state index contributed by atoms with van der Waals surface area (Å²) in [5, 5.41) is 9.57. The molecule has 0 unspecified atom stereocenters. The van der Waals surface area contributed by atoms with Crippen molar-refractivity contribution in [3.05, 3.63) is 11.6 Å². The Kier molecular flexibility index (Phi) is 8.37. The molecule has 3 heteroatoms. The first-order valence-electron chi connectivity index (χ1n) is 5.79. The zero-order valence-corrected chi connectivity index (χ0v) is 12.4. The Morgan fingerprint density at radius 2 is 1.75 bits per heavy atom. The topological polar surface area (TPSA) is 20.2 Å². The van der Waals surface area contributed by atoms with Crippen molar-refractivity contribution < 1.29 is 22.0 Å². The minimum atomic E-state index is -0.514. The van der Waals surface area contributed by atoms with Crippen LogP contribution < -0.4 is 12.4 Å². The molecule has 0 amide bonds. The van der Waals surface area contributed by atoms with Crippen molar-refractivity contribution in [2.45, 2.75) is 45.6 Å². The maximum absolute atomic E-state index is 9.57. The lowest BCUT2D eigenvalue weighted by atomic mass is 9.99. The van der Waals surface area contributed by atoms with Gasteiger partial charge >= 0.3 is 0 Å². The van der Waals surface area contributed by atoms with Gasteiger partial charge in [-0.1, -0.05) is 5.57 Å². The molecule has 16 heavy (non-hydrogen) atoms. The first-order valence-corrected chi connectivity index (χ1v) is 5.79. The molecule has 0 aromatic rings. The van der Waals surface area contributed by atoms with E-state index in [1.165, 1.54) is 5.57 Å². The number of allylic oxidation sites excluding steroid dienone is 1. The van der Waals surface area contributed by atoms with Crippen LogP contribution in [0.15, 0.2) is 11.6 Å². The van der Waals surface area contributed by atoms with Gasteiger partial charge in [-0.3, -0.25) is 0 Å². The summed E-state index contributed by atoms with van der Waals surface area (Å²) in [6.07, 6.45) is 5.36. The van der Waals surface area contributed by atoms with Crippen molar-refractivity contribution in [1.82, 2.24) is 0 Å². The van der Waals surface area contributed by atoms with E-state index in [1.807, 2.05) is 13.8 Å². The molecule has 2 nitrogen and oxygen atoms in total. The molecule has 0 radical (unpaired) electrons. The van der Waals surface area contributed by atoms with Gasteiger partial charge in [0.05, 0.1) is 33.3 Å². The van der Waals surface area contributed by atoms with Crippen LogP contribution in [0.1, 0.15) is 40.0 Å². The van der Waals surface area contributed by atoms with Crippen molar-refractivity contribution in [3.63, 3.8) is 0 Å². The molecule has 0 aliphatic heterocycles. The molecule has 98 valence electrons. The Labute approximate surface area is 107 Å². The minimum absolute atomic E-state index is 0. The van der Waals surface area contributed by atoms with Crippen molar-refractivity contribution >= 4 is 0 Å². The summed E-state index contributed by atoms with van der Waals surface area (Å²) in [6, 6.07) is 0. The molecule has 1 N–H and O–H groups in total. The summed E-state index contributed by atoms with van der Waals surface area (Å²) >= 11 is 0. The largest absolute Gasteiger partial charge is 1.00 e. The first-order chi connectivity index (χ1) is 6.60. The molecule has 0 heterocycles. The smallest absolute Gasteiger partial charge is 0.0970 e. The first kappa shape index (κ1) is 18.3. The molecule has 0 aromatic heterocycles. The standard InChI is InChI=1S/C13H28NO.ClH/c1-12(9-11-14(4,5)6)8-7-10-13(2,3)15;/h9,15H,7-8,10-11H2,1-6H3;1H/q+1;/p-1. The maximum Gasteiger partial charge on any atom is 0.0970 e.